The number of rotatable bonds is 6. The third kappa shape index (κ3) is 3.63. The first-order valence-electron chi connectivity index (χ1n) is 6.27. The Hall–Kier alpha value is -0.830. The minimum Gasteiger partial charge on any atom is -0.481 e. The number of likely N-dealkylation sites (tertiary alicyclic amines) is 1. The van der Waals surface area contributed by atoms with Gasteiger partial charge in [0.15, 0.2) is 15.3 Å². The average Bonchev–Trinajstić information content (AvgIpc) is 2.71. The van der Waals surface area contributed by atoms with Crippen LogP contribution in [0.15, 0.2) is 0 Å². The van der Waals surface area contributed by atoms with Crippen LogP contribution in [0.2, 0.25) is 0 Å². The highest BCUT2D eigenvalue weighted by Crippen LogP contribution is 2.45. The molecule has 1 rings (SSSR count). The Morgan fingerprint density at radius 1 is 1.35 bits per heavy atom. The number of sulfone groups is 1. The average molecular weight is 317 g/mol. The molecule has 20 heavy (non-hydrogen) atoms. The van der Waals surface area contributed by atoms with Crippen LogP contribution >= 0.6 is 0 Å². The summed E-state index contributed by atoms with van der Waals surface area (Å²) in [5, 5.41) is 8.86. The van der Waals surface area contributed by atoms with E-state index in [0.717, 1.165) is 0 Å². The molecule has 5 nitrogen and oxygen atoms in total. The number of carboxylic acid groups (broad SMARTS) is 1. The summed E-state index contributed by atoms with van der Waals surface area (Å²) >= 11 is 0. The van der Waals surface area contributed by atoms with Crippen molar-refractivity contribution in [3.8, 4) is 0 Å². The largest absolute Gasteiger partial charge is 0.481 e. The second-order valence-electron chi connectivity index (χ2n) is 5.06. The Morgan fingerprint density at radius 3 is 2.35 bits per heavy atom. The third-order valence-electron chi connectivity index (χ3n) is 3.53. The molecule has 0 aromatic carbocycles. The van der Waals surface area contributed by atoms with Crippen LogP contribution < -0.4 is 0 Å². The number of nitrogens with zero attached hydrogens (tertiary/aromatic N) is 1. The summed E-state index contributed by atoms with van der Waals surface area (Å²) in [5.74, 6) is -2.15. The molecule has 0 saturated carbocycles. The van der Waals surface area contributed by atoms with Crippen molar-refractivity contribution >= 4 is 15.8 Å². The van der Waals surface area contributed by atoms with Gasteiger partial charge in [-0.1, -0.05) is 6.92 Å². The Bertz CT molecular complexity index is 463. The van der Waals surface area contributed by atoms with E-state index in [2.05, 4.69) is 0 Å². The van der Waals surface area contributed by atoms with Crippen LogP contribution in [0.25, 0.3) is 0 Å². The van der Waals surface area contributed by atoms with E-state index in [0.29, 0.717) is 6.42 Å². The van der Waals surface area contributed by atoms with Gasteiger partial charge in [0, 0.05) is 18.8 Å². The lowest BCUT2D eigenvalue weighted by atomic mass is 9.86. The van der Waals surface area contributed by atoms with Crippen LogP contribution in [-0.4, -0.2) is 61.7 Å². The van der Waals surface area contributed by atoms with E-state index in [-0.39, 0.29) is 24.6 Å². The van der Waals surface area contributed by atoms with Crippen molar-refractivity contribution in [3.63, 3.8) is 0 Å². The highest BCUT2D eigenvalue weighted by molar-refractivity contribution is 7.91. The van der Waals surface area contributed by atoms with Crippen LogP contribution in [0.4, 0.5) is 13.2 Å². The summed E-state index contributed by atoms with van der Waals surface area (Å²) < 4.78 is 61.8. The number of carbonyl (C=O) groups is 1. The first-order chi connectivity index (χ1) is 9.04. The van der Waals surface area contributed by atoms with E-state index in [1.165, 1.54) is 4.90 Å². The maximum Gasteiger partial charge on any atom is 0.406 e. The van der Waals surface area contributed by atoms with Crippen LogP contribution in [-0.2, 0) is 14.6 Å². The summed E-state index contributed by atoms with van der Waals surface area (Å²) in [4.78, 5) is 12.2. The lowest BCUT2D eigenvalue weighted by Gasteiger charge is -2.27. The molecule has 0 aromatic rings. The number of aliphatic carboxylic acids is 1. The zero-order valence-electron chi connectivity index (χ0n) is 11.1. The van der Waals surface area contributed by atoms with Gasteiger partial charge in [0.25, 0.3) is 0 Å². The Balaban J connectivity index is 2.69. The van der Waals surface area contributed by atoms with E-state index in [1.54, 1.807) is 6.92 Å². The third-order valence-corrected chi connectivity index (χ3v) is 5.37. The molecule has 1 aliphatic heterocycles. The molecule has 9 heteroatoms. The smallest absolute Gasteiger partial charge is 0.406 e. The molecule has 1 unspecified atom stereocenters. The first-order valence-corrected chi connectivity index (χ1v) is 8.09. The van der Waals surface area contributed by atoms with Crippen LogP contribution in [0, 0.1) is 5.41 Å². The molecule has 0 aliphatic carbocycles. The van der Waals surface area contributed by atoms with E-state index in [1.807, 2.05) is 0 Å². The molecule has 0 bridgehead atoms. The zero-order chi connectivity index (χ0) is 15.6. The molecule has 1 fully saturated rings. The lowest BCUT2D eigenvalue weighted by Crippen LogP contribution is -2.47. The second-order valence-corrected chi connectivity index (χ2v) is 7.37. The minimum absolute atomic E-state index is 0.00974. The van der Waals surface area contributed by atoms with Gasteiger partial charge in [0.1, 0.15) is 0 Å². The van der Waals surface area contributed by atoms with Crippen molar-refractivity contribution in [2.45, 2.75) is 25.9 Å². The van der Waals surface area contributed by atoms with E-state index in [4.69, 9.17) is 5.11 Å². The quantitative estimate of drug-likeness (QED) is 0.795. The van der Waals surface area contributed by atoms with Gasteiger partial charge in [-0.05, 0) is 19.4 Å². The topological polar surface area (TPSA) is 74.7 Å². The first kappa shape index (κ1) is 17.2. The fourth-order valence-electron chi connectivity index (χ4n) is 2.29. The van der Waals surface area contributed by atoms with Crippen LogP contribution in [0.1, 0.15) is 19.8 Å². The fraction of sp³-hybridized carbons (Fsp3) is 0.909. The molecule has 0 radical (unpaired) electrons. The number of alkyl halides is 3. The second kappa shape index (κ2) is 5.88. The zero-order valence-corrected chi connectivity index (χ0v) is 11.9. The summed E-state index contributed by atoms with van der Waals surface area (Å²) in [6, 6.07) is 0. The molecule has 1 saturated heterocycles. The molecule has 0 spiro atoms. The van der Waals surface area contributed by atoms with Gasteiger partial charge in [-0.15, -0.1) is 0 Å². The highest BCUT2D eigenvalue weighted by atomic mass is 32.2. The van der Waals surface area contributed by atoms with Crippen molar-refractivity contribution < 1.29 is 31.5 Å². The minimum atomic E-state index is -4.84. The molecule has 1 N–H and O–H groups in total. The monoisotopic (exact) mass is 317 g/mol. The molecule has 0 aromatic heterocycles. The van der Waals surface area contributed by atoms with Crippen LogP contribution in [0.5, 0.6) is 0 Å². The predicted octanol–water partition coefficient (Wildman–Crippen LogP) is 1.15. The number of hydrogen-bond donors (Lipinski definition) is 1. The Kier molecular flexibility index (Phi) is 5.07. The predicted molar refractivity (Wildman–Crippen MR) is 66.1 cm³/mol. The van der Waals surface area contributed by atoms with Crippen LogP contribution in [0.3, 0.4) is 0 Å². The van der Waals surface area contributed by atoms with Gasteiger partial charge in [-0.2, -0.15) is 13.2 Å². The van der Waals surface area contributed by atoms with Gasteiger partial charge in [-0.3, -0.25) is 4.79 Å². The van der Waals surface area contributed by atoms with Crippen molar-refractivity contribution in [2.24, 2.45) is 5.41 Å². The van der Waals surface area contributed by atoms with Gasteiger partial charge in [-0.25, -0.2) is 8.42 Å². The number of carboxylic acids is 1. The number of halogens is 3. The molecule has 1 atom stereocenters. The molecule has 1 heterocycles. The molecule has 1 aliphatic rings. The van der Waals surface area contributed by atoms with Gasteiger partial charge in [0.2, 0.25) is 0 Å². The van der Waals surface area contributed by atoms with Gasteiger partial charge >= 0.3 is 12.1 Å². The van der Waals surface area contributed by atoms with Crippen molar-refractivity contribution in [2.75, 3.05) is 31.1 Å². The Morgan fingerprint density at radius 2 is 1.95 bits per heavy atom. The summed E-state index contributed by atoms with van der Waals surface area (Å²) in [7, 11) is -3.28. The van der Waals surface area contributed by atoms with E-state index < -0.39 is 40.4 Å². The summed E-state index contributed by atoms with van der Waals surface area (Å²) in [6.07, 6.45) is -4.93. The molecule has 0 amide bonds. The molecular weight excluding hydrogens is 299 g/mol. The SMILES string of the molecule is CCCS(=O)(=O)CCN1CCC(C(=O)O)(C(F)(F)F)C1. The van der Waals surface area contributed by atoms with Gasteiger partial charge < -0.3 is 10.0 Å². The number of hydrogen-bond acceptors (Lipinski definition) is 4. The lowest BCUT2D eigenvalue weighted by molar-refractivity contribution is -0.227. The van der Waals surface area contributed by atoms with Crippen molar-refractivity contribution in [1.82, 2.24) is 4.90 Å². The summed E-state index contributed by atoms with van der Waals surface area (Å²) in [5.41, 5.74) is -2.78. The maximum atomic E-state index is 12.9. The Labute approximate surface area is 115 Å². The summed E-state index contributed by atoms with van der Waals surface area (Å²) in [6.45, 7) is 0.890. The highest BCUT2D eigenvalue weighted by Gasteiger charge is 2.63. The van der Waals surface area contributed by atoms with E-state index in [9.17, 15) is 26.4 Å². The van der Waals surface area contributed by atoms with E-state index >= 15 is 0 Å². The van der Waals surface area contributed by atoms with Crippen molar-refractivity contribution in [3.05, 3.63) is 0 Å². The van der Waals surface area contributed by atoms with Gasteiger partial charge in [0.05, 0.1) is 5.75 Å². The molecular formula is C11H18F3NO4S. The standard InChI is InChI=1S/C11H18F3NO4S/c1-2-6-20(18,19)7-5-15-4-3-10(8-15,9(16)17)11(12,13)14/h2-8H2,1H3,(H,16,17). The fourth-order valence-corrected chi connectivity index (χ4v) is 3.65. The van der Waals surface area contributed by atoms with Crippen molar-refractivity contribution in [1.29, 1.82) is 0 Å². The normalized spacial score (nSPS) is 25.0. The molecule has 118 valence electrons. The maximum absolute atomic E-state index is 12.9.